The average molecular weight is 722 g/mol. The molecule has 0 heterocycles. The van der Waals surface area contributed by atoms with E-state index in [1.165, 1.54) is 35.2 Å². The van der Waals surface area contributed by atoms with E-state index in [1.54, 1.807) is 36.4 Å². The van der Waals surface area contributed by atoms with Crippen molar-refractivity contribution in [2.24, 2.45) is 0 Å². The molecular formula is C34H33Cl4N3O4S. The van der Waals surface area contributed by atoms with Crippen LogP contribution in [0.2, 0.25) is 20.1 Å². The third-order valence-electron chi connectivity index (χ3n) is 7.24. The molecule has 0 spiro atoms. The molecule has 0 radical (unpaired) electrons. The lowest BCUT2D eigenvalue weighted by molar-refractivity contribution is -0.140. The van der Waals surface area contributed by atoms with E-state index in [9.17, 15) is 18.0 Å². The van der Waals surface area contributed by atoms with Crippen LogP contribution in [0, 0.1) is 0 Å². The minimum atomic E-state index is -4.33. The molecule has 0 fully saturated rings. The fraction of sp³-hybridized carbons (Fsp3) is 0.235. The van der Waals surface area contributed by atoms with Crippen LogP contribution in [0.15, 0.2) is 102 Å². The lowest BCUT2D eigenvalue weighted by Gasteiger charge is -2.34. The minimum Gasteiger partial charge on any atom is -0.354 e. The smallest absolute Gasteiger partial charge is 0.264 e. The fourth-order valence-corrected chi connectivity index (χ4v) is 7.15. The zero-order chi connectivity index (χ0) is 33.3. The van der Waals surface area contributed by atoms with Crippen LogP contribution in [0.25, 0.3) is 0 Å². The summed E-state index contributed by atoms with van der Waals surface area (Å²) in [4.78, 5) is 29.7. The number of hydrogen-bond acceptors (Lipinski definition) is 4. The molecule has 2 amide bonds. The number of sulfonamides is 1. The summed E-state index contributed by atoms with van der Waals surface area (Å²) in [6, 6.07) is 25.2. The van der Waals surface area contributed by atoms with E-state index in [0.717, 1.165) is 22.7 Å². The second kappa shape index (κ2) is 16.5. The first-order valence-corrected chi connectivity index (χ1v) is 17.5. The highest BCUT2D eigenvalue weighted by atomic mass is 35.5. The van der Waals surface area contributed by atoms with Gasteiger partial charge in [0.25, 0.3) is 10.0 Å². The molecule has 4 aromatic carbocycles. The number of carbonyl (C=O) groups excluding carboxylic acids is 2. The van der Waals surface area contributed by atoms with Crippen molar-refractivity contribution in [3.63, 3.8) is 0 Å². The largest absolute Gasteiger partial charge is 0.354 e. The number of unbranched alkanes of at least 4 members (excludes halogenated alkanes) is 1. The van der Waals surface area contributed by atoms with Crippen molar-refractivity contribution in [1.29, 1.82) is 0 Å². The number of anilines is 1. The molecule has 0 bridgehead atoms. The predicted molar refractivity (Wildman–Crippen MR) is 186 cm³/mol. The van der Waals surface area contributed by atoms with Gasteiger partial charge in [-0.2, -0.15) is 0 Å². The molecule has 0 aromatic heterocycles. The number of amides is 2. The number of rotatable bonds is 14. The van der Waals surface area contributed by atoms with Crippen molar-refractivity contribution in [3.8, 4) is 0 Å². The Hall–Kier alpha value is -3.27. The number of carbonyl (C=O) groups is 2. The van der Waals surface area contributed by atoms with Crippen molar-refractivity contribution >= 4 is 73.9 Å². The summed E-state index contributed by atoms with van der Waals surface area (Å²) >= 11 is 25.5. The second-order valence-electron chi connectivity index (χ2n) is 10.5. The van der Waals surface area contributed by atoms with Gasteiger partial charge in [0.2, 0.25) is 11.8 Å². The average Bonchev–Trinajstić information content (AvgIpc) is 3.04. The van der Waals surface area contributed by atoms with E-state index < -0.39 is 28.5 Å². The quantitative estimate of drug-likeness (QED) is 0.134. The molecule has 4 aromatic rings. The SMILES string of the molecule is CCCCNC(=O)[C@@H](Cc1ccccc1)N(Cc1ccc(Cl)cc1Cl)C(=O)CN(c1cc(Cl)ccc1Cl)S(=O)(=O)c1ccccc1. The monoisotopic (exact) mass is 719 g/mol. The molecule has 46 heavy (non-hydrogen) atoms. The molecule has 1 atom stereocenters. The lowest BCUT2D eigenvalue weighted by Crippen LogP contribution is -2.53. The van der Waals surface area contributed by atoms with Crippen LogP contribution in [0.1, 0.15) is 30.9 Å². The van der Waals surface area contributed by atoms with Gasteiger partial charge in [-0.1, -0.05) is 114 Å². The van der Waals surface area contributed by atoms with E-state index in [-0.39, 0.29) is 39.5 Å². The van der Waals surface area contributed by atoms with Crippen molar-refractivity contribution in [1.82, 2.24) is 10.2 Å². The molecule has 242 valence electrons. The number of halogens is 4. The molecule has 12 heteroatoms. The highest BCUT2D eigenvalue weighted by Gasteiger charge is 2.35. The van der Waals surface area contributed by atoms with Crippen molar-refractivity contribution in [2.45, 2.75) is 43.7 Å². The molecule has 0 unspecified atom stereocenters. The van der Waals surface area contributed by atoms with Crippen LogP contribution in [0.5, 0.6) is 0 Å². The van der Waals surface area contributed by atoms with Gasteiger partial charge in [-0.05, 0) is 60.0 Å². The third-order valence-corrected chi connectivity index (χ3v) is 10.2. The summed E-state index contributed by atoms with van der Waals surface area (Å²) in [6.07, 6.45) is 1.77. The summed E-state index contributed by atoms with van der Waals surface area (Å²) in [5.41, 5.74) is 1.35. The van der Waals surface area contributed by atoms with Crippen LogP contribution in [0.4, 0.5) is 5.69 Å². The molecule has 0 aliphatic rings. The third kappa shape index (κ3) is 9.17. The maximum Gasteiger partial charge on any atom is 0.264 e. The zero-order valence-corrected chi connectivity index (χ0v) is 28.8. The van der Waals surface area contributed by atoms with Crippen LogP contribution < -0.4 is 9.62 Å². The van der Waals surface area contributed by atoms with Gasteiger partial charge in [0, 0.05) is 34.6 Å². The van der Waals surface area contributed by atoms with Gasteiger partial charge in [-0.25, -0.2) is 8.42 Å². The van der Waals surface area contributed by atoms with E-state index >= 15 is 0 Å². The van der Waals surface area contributed by atoms with Crippen molar-refractivity contribution in [3.05, 3.63) is 128 Å². The molecule has 1 N–H and O–H groups in total. The second-order valence-corrected chi connectivity index (χ2v) is 14.1. The molecule has 0 saturated heterocycles. The summed E-state index contributed by atoms with van der Waals surface area (Å²) in [5, 5.41) is 3.94. The Labute approximate surface area is 290 Å². The maximum absolute atomic E-state index is 14.5. The van der Waals surface area contributed by atoms with Crippen LogP contribution in [-0.4, -0.2) is 44.3 Å². The normalized spacial score (nSPS) is 11.9. The fourth-order valence-electron chi connectivity index (χ4n) is 4.80. The van der Waals surface area contributed by atoms with Gasteiger partial charge < -0.3 is 10.2 Å². The zero-order valence-electron chi connectivity index (χ0n) is 25.0. The van der Waals surface area contributed by atoms with Gasteiger partial charge in [0.05, 0.1) is 15.6 Å². The summed E-state index contributed by atoms with van der Waals surface area (Å²) in [7, 11) is -4.33. The van der Waals surface area contributed by atoms with Crippen LogP contribution in [0.3, 0.4) is 0 Å². The Balaban J connectivity index is 1.83. The van der Waals surface area contributed by atoms with Gasteiger partial charge in [0.1, 0.15) is 12.6 Å². The highest BCUT2D eigenvalue weighted by molar-refractivity contribution is 7.92. The summed E-state index contributed by atoms with van der Waals surface area (Å²) in [6.45, 7) is 1.64. The first kappa shape index (κ1) is 35.6. The Kier molecular flexibility index (Phi) is 12.8. The number of nitrogens with zero attached hydrogens (tertiary/aromatic N) is 2. The predicted octanol–water partition coefficient (Wildman–Crippen LogP) is 8.05. The maximum atomic E-state index is 14.5. The Morgan fingerprint density at radius 2 is 1.43 bits per heavy atom. The minimum absolute atomic E-state index is 0.0165. The molecule has 0 aliphatic heterocycles. The van der Waals surface area contributed by atoms with Crippen molar-refractivity contribution < 1.29 is 18.0 Å². The Morgan fingerprint density at radius 3 is 2.09 bits per heavy atom. The molecule has 4 rings (SSSR count). The number of benzene rings is 4. The van der Waals surface area contributed by atoms with Gasteiger partial charge in [0.15, 0.2) is 0 Å². The van der Waals surface area contributed by atoms with Crippen molar-refractivity contribution in [2.75, 3.05) is 17.4 Å². The van der Waals surface area contributed by atoms with E-state index in [1.807, 2.05) is 37.3 Å². The topological polar surface area (TPSA) is 86.8 Å². The van der Waals surface area contributed by atoms with E-state index in [4.69, 9.17) is 46.4 Å². The Bertz CT molecular complexity index is 1760. The lowest BCUT2D eigenvalue weighted by atomic mass is 10.0. The Morgan fingerprint density at radius 1 is 0.804 bits per heavy atom. The molecular weight excluding hydrogens is 688 g/mol. The number of hydrogen-bond donors (Lipinski definition) is 1. The summed E-state index contributed by atoms with van der Waals surface area (Å²) < 4.78 is 29.1. The van der Waals surface area contributed by atoms with Gasteiger partial charge in [-0.15, -0.1) is 0 Å². The first-order valence-electron chi connectivity index (χ1n) is 14.6. The van der Waals surface area contributed by atoms with E-state index in [2.05, 4.69) is 5.32 Å². The standard InChI is InChI=1S/C34H33Cl4N3O4S/c1-2-3-18-39-34(43)32(19-24-10-6-4-7-11-24)40(22-25-14-15-26(35)20-30(25)38)33(42)23-41(31-21-27(36)16-17-29(31)37)46(44,45)28-12-8-5-9-13-28/h4-17,20-21,32H,2-3,18-19,22-23H2,1H3,(H,39,43)/t32-/m1/s1. The first-order chi connectivity index (χ1) is 22.0. The van der Waals surface area contributed by atoms with E-state index in [0.29, 0.717) is 22.2 Å². The van der Waals surface area contributed by atoms with Gasteiger partial charge in [-0.3, -0.25) is 13.9 Å². The molecule has 7 nitrogen and oxygen atoms in total. The highest BCUT2D eigenvalue weighted by Crippen LogP contribution is 2.33. The summed E-state index contributed by atoms with van der Waals surface area (Å²) in [5.74, 6) is -1.04. The van der Waals surface area contributed by atoms with Crippen LogP contribution in [-0.2, 0) is 32.6 Å². The molecule has 0 aliphatic carbocycles. The molecule has 0 saturated carbocycles. The van der Waals surface area contributed by atoms with Crippen LogP contribution >= 0.6 is 46.4 Å². The number of nitrogens with one attached hydrogen (secondary N) is 1. The van der Waals surface area contributed by atoms with Gasteiger partial charge >= 0.3 is 0 Å².